The lowest BCUT2D eigenvalue weighted by atomic mass is 9.37. The average Bonchev–Trinajstić information content (AvgIpc) is 3.06. The molecular weight excluding hydrogens is 705 g/mol. The molecule has 3 rings (SSSR count). The molecule has 1 aromatic rings. The fraction of sp³-hybridized carbons (Fsp3) is 0.479. The molecule has 0 amide bonds. The van der Waals surface area contributed by atoms with Crippen LogP contribution in [-0.2, 0) is 24.0 Å². The number of ketones is 3. The molecule has 302 valence electrons. The first-order valence-corrected chi connectivity index (χ1v) is 19.5. The van der Waals surface area contributed by atoms with E-state index in [4.69, 9.17) is 9.47 Å². The van der Waals surface area contributed by atoms with Crippen LogP contribution in [0.15, 0.2) is 93.7 Å². The summed E-state index contributed by atoms with van der Waals surface area (Å²) in [6.07, 6.45) is 12.6. The summed E-state index contributed by atoms with van der Waals surface area (Å²) < 4.78 is 11.1. The van der Waals surface area contributed by atoms with Crippen molar-refractivity contribution in [1.82, 2.24) is 0 Å². The summed E-state index contributed by atoms with van der Waals surface area (Å²) in [5.74, 6) is -4.44. The van der Waals surface area contributed by atoms with Gasteiger partial charge < -0.3 is 14.6 Å². The molecule has 0 saturated heterocycles. The molecule has 1 aromatic carbocycles. The number of hydrogen-bond acceptors (Lipinski definition) is 8. The molecule has 8 nitrogen and oxygen atoms in total. The lowest BCUT2D eigenvalue weighted by Gasteiger charge is -2.61. The molecule has 2 fully saturated rings. The summed E-state index contributed by atoms with van der Waals surface area (Å²) in [5.41, 5.74) is 0.703. The van der Waals surface area contributed by atoms with Crippen LogP contribution in [0.25, 0.3) is 5.76 Å². The molecular formula is C48H62O8. The first kappa shape index (κ1) is 45.5. The lowest BCUT2D eigenvalue weighted by Crippen LogP contribution is -2.70. The molecule has 0 aliphatic heterocycles. The topological polar surface area (TPSA) is 124 Å². The number of benzene rings is 1. The normalized spacial score (nSPS) is 23.6. The summed E-state index contributed by atoms with van der Waals surface area (Å²) in [5, 5.41) is 12.3. The minimum atomic E-state index is -1.69. The Morgan fingerprint density at radius 2 is 1.21 bits per heavy atom. The van der Waals surface area contributed by atoms with Gasteiger partial charge in [-0.15, -0.1) is 0 Å². The Morgan fingerprint density at radius 3 is 1.73 bits per heavy atom. The fourth-order valence-electron chi connectivity index (χ4n) is 8.02. The molecule has 2 saturated carbocycles. The molecule has 8 heteroatoms. The molecule has 4 atom stereocenters. The number of aliphatic hydroxyl groups excluding tert-OH is 1. The second kappa shape index (κ2) is 18.4. The van der Waals surface area contributed by atoms with Crippen molar-refractivity contribution in [2.45, 2.75) is 129 Å². The van der Waals surface area contributed by atoms with Crippen molar-refractivity contribution >= 4 is 35.0 Å². The number of fused-ring (bicyclic) bond motifs is 2. The van der Waals surface area contributed by atoms with E-state index in [2.05, 4.69) is 12.2 Å². The van der Waals surface area contributed by atoms with Gasteiger partial charge in [0.15, 0.2) is 28.8 Å². The van der Waals surface area contributed by atoms with Gasteiger partial charge in [0.25, 0.3) is 0 Å². The highest BCUT2D eigenvalue weighted by Crippen LogP contribution is 2.67. The van der Waals surface area contributed by atoms with Crippen LogP contribution in [0.3, 0.4) is 0 Å². The van der Waals surface area contributed by atoms with E-state index < -0.39 is 56.9 Å². The molecule has 56 heavy (non-hydrogen) atoms. The monoisotopic (exact) mass is 766 g/mol. The minimum absolute atomic E-state index is 0.0156. The van der Waals surface area contributed by atoms with E-state index in [9.17, 15) is 14.7 Å². The van der Waals surface area contributed by atoms with Crippen LogP contribution in [-0.4, -0.2) is 34.4 Å². The van der Waals surface area contributed by atoms with Gasteiger partial charge >= 0.3 is 11.9 Å². The van der Waals surface area contributed by atoms with Gasteiger partial charge in [0.1, 0.15) is 16.7 Å². The molecule has 0 radical (unpaired) electrons. The summed E-state index contributed by atoms with van der Waals surface area (Å²) >= 11 is 0. The second-order valence-electron chi connectivity index (χ2n) is 17.3. The van der Waals surface area contributed by atoms with Crippen LogP contribution in [0.1, 0.15) is 134 Å². The van der Waals surface area contributed by atoms with E-state index in [0.717, 1.165) is 22.3 Å². The number of esters is 2. The zero-order valence-corrected chi connectivity index (χ0v) is 35.8. The van der Waals surface area contributed by atoms with Crippen molar-refractivity contribution in [2.24, 2.45) is 22.2 Å². The maximum Gasteiger partial charge on any atom is 0.336 e. The Hall–Kier alpha value is -4.85. The third-order valence-electron chi connectivity index (χ3n) is 11.0. The predicted molar refractivity (Wildman–Crippen MR) is 223 cm³/mol. The van der Waals surface area contributed by atoms with Crippen LogP contribution in [0.2, 0.25) is 0 Å². The number of Topliss-reactive ketones (excluding diaryl/α,β-unsaturated/α-hetero) is 3. The Balaban J connectivity index is 2.50. The molecule has 2 aliphatic carbocycles. The Labute approximate surface area is 334 Å². The maximum atomic E-state index is 15.6. The van der Waals surface area contributed by atoms with Crippen LogP contribution < -0.4 is 9.47 Å². The van der Waals surface area contributed by atoms with Gasteiger partial charge in [-0.1, -0.05) is 64.7 Å². The highest BCUT2D eigenvalue weighted by Gasteiger charge is 2.74. The van der Waals surface area contributed by atoms with Crippen molar-refractivity contribution in [3.05, 3.63) is 99.2 Å². The van der Waals surface area contributed by atoms with Gasteiger partial charge in [0.2, 0.25) is 0 Å². The molecule has 0 heterocycles. The van der Waals surface area contributed by atoms with E-state index in [0.29, 0.717) is 30.4 Å². The van der Waals surface area contributed by atoms with E-state index in [1.807, 2.05) is 74.5 Å². The van der Waals surface area contributed by atoms with Gasteiger partial charge in [-0.3, -0.25) is 14.4 Å². The van der Waals surface area contributed by atoms with Gasteiger partial charge in [0.05, 0.1) is 5.41 Å². The Kier molecular flexibility index (Phi) is 15.0. The lowest BCUT2D eigenvalue weighted by molar-refractivity contribution is -0.178. The van der Waals surface area contributed by atoms with Crippen molar-refractivity contribution in [3.8, 4) is 11.5 Å². The first-order chi connectivity index (χ1) is 26.0. The van der Waals surface area contributed by atoms with Crippen molar-refractivity contribution in [1.29, 1.82) is 0 Å². The number of allylic oxidation sites excluding steroid dienone is 11. The molecule has 0 spiro atoms. The van der Waals surface area contributed by atoms with Crippen molar-refractivity contribution in [3.63, 3.8) is 0 Å². The van der Waals surface area contributed by atoms with E-state index >= 15 is 14.4 Å². The van der Waals surface area contributed by atoms with E-state index in [-0.39, 0.29) is 42.2 Å². The summed E-state index contributed by atoms with van der Waals surface area (Å²) in [6.45, 7) is 24.6. The number of aliphatic hydroxyl groups is 1. The van der Waals surface area contributed by atoms with Crippen molar-refractivity contribution in [2.75, 3.05) is 0 Å². The number of rotatable bonds is 14. The van der Waals surface area contributed by atoms with Gasteiger partial charge in [-0.2, -0.15) is 0 Å². The molecule has 2 bridgehead atoms. The summed E-state index contributed by atoms with van der Waals surface area (Å²) in [4.78, 5) is 71.8. The number of hydrogen-bond donors (Lipinski definition) is 1. The van der Waals surface area contributed by atoms with Crippen LogP contribution in [0.5, 0.6) is 11.5 Å². The van der Waals surface area contributed by atoms with Gasteiger partial charge in [-0.05, 0) is 151 Å². The van der Waals surface area contributed by atoms with Gasteiger partial charge in [0, 0.05) is 17.7 Å². The number of ether oxygens (including phenoxy) is 2. The highest BCUT2D eigenvalue weighted by atomic mass is 16.6. The van der Waals surface area contributed by atoms with Gasteiger partial charge in [-0.25, -0.2) is 9.59 Å². The minimum Gasteiger partial charge on any atom is -0.506 e. The molecule has 0 aromatic heterocycles. The molecule has 2 aliphatic rings. The van der Waals surface area contributed by atoms with Crippen LogP contribution in [0.4, 0.5) is 0 Å². The Morgan fingerprint density at radius 1 is 0.696 bits per heavy atom. The first-order valence-electron chi connectivity index (χ1n) is 19.5. The average molecular weight is 767 g/mol. The predicted octanol–water partition coefficient (Wildman–Crippen LogP) is 11.2. The molecule has 0 unspecified atom stereocenters. The summed E-state index contributed by atoms with van der Waals surface area (Å²) in [7, 11) is 0. The Bertz CT molecular complexity index is 1970. The standard InChI is InChI=1S/C48H62O8/c1-29(2)15-14-22-46(13)36(18-16-30(3)4)28-47(23-20-31(5)6)43(52)41(44(53)48(46,45(47)54)24-21-32(7)8)42(51)35-17-19-37(55-39(49)25-33(9)10)38(27-35)56-40(50)26-34(11)12/h15-17,19-21,25-27,36,51H,14,18,22-24,28H2,1-13H3/b42-41+/t36-,46+,47-,48+/m0/s1. The smallest absolute Gasteiger partial charge is 0.336 e. The fourth-order valence-corrected chi connectivity index (χ4v) is 8.02. The quantitative estimate of drug-likeness (QED) is 0.0377. The molecule has 1 N–H and O–H groups in total. The van der Waals surface area contributed by atoms with E-state index in [1.165, 1.54) is 30.4 Å². The zero-order chi connectivity index (χ0) is 42.3. The third-order valence-corrected chi connectivity index (χ3v) is 11.0. The number of carbonyl (C=O) groups excluding carboxylic acids is 5. The SMILES string of the molecule is CC(C)=CCC[C@]1(C)[C@@H](CC=C(C)C)C[C@@]2(CC=C(C)C)C(=O)/C(=C(\O)c3ccc(OC(=O)C=C(C)C)c(OC(=O)C=C(C)C)c3)C(=O)[C@]1(CC=C(C)C)C2=O. The zero-order valence-electron chi connectivity index (χ0n) is 35.8. The summed E-state index contributed by atoms with van der Waals surface area (Å²) in [6, 6.07) is 4.01. The largest absolute Gasteiger partial charge is 0.506 e. The maximum absolute atomic E-state index is 15.6. The second-order valence-corrected chi connectivity index (χ2v) is 17.3. The van der Waals surface area contributed by atoms with Crippen LogP contribution >= 0.6 is 0 Å². The number of carbonyl (C=O) groups is 5. The third kappa shape index (κ3) is 9.74. The van der Waals surface area contributed by atoms with Crippen molar-refractivity contribution < 1.29 is 38.6 Å². The highest BCUT2D eigenvalue weighted by molar-refractivity contribution is 6.41. The van der Waals surface area contributed by atoms with Crippen LogP contribution in [0, 0.1) is 22.2 Å². The van der Waals surface area contributed by atoms with E-state index in [1.54, 1.807) is 27.7 Å².